The molecule has 0 aliphatic heterocycles. The van der Waals surface area contributed by atoms with E-state index in [-0.39, 0.29) is 43.0 Å². The largest absolute Gasteiger partial charge is 0.396 e. The fourth-order valence-electron chi connectivity index (χ4n) is 3.20. The first-order chi connectivity index (χ1) is 11.6. The van der Waals surface area contributed by atoms with Crippen molar-refractivity contribution in [2.75, 3.05) is 6.61 Å². The first kappa shape index (κ1) is 16.6. The lowest BCUT2D eigenvalue weighted by atomic mass is 10.1. The van der Waals surface area contributed by atoms with Gasteiger partial charge in [-0.3, -0.25) is 14.2 Å². The summed E-state index contributed by atoms with van der Waals surface area (Å²) in [4.78, 5) is 28.6. The Morgan fingerprint density at radius 2 is 2.12 bits per heavy atom. The molecule has 3 atom stereocenters. The maximum absolute atomic E-state index is 12.3. The van der Waals surface area contributed by atoms with E-state index < -0.39 is 6.10 Å². The van der Waals surface area contributed by atoms with Crippen molar-refractivity contribution in [3.05, 3.63) is 40.9 Å². The Hall–Kier alpha value is -2.25. The molecule has 1 aromatic heterocycles. The number of para-hydroxylation sites is 1. The number of hydrogen-bond acceptors (Lipinski definition) is 5. The zero-order valence-electron chi connectivity index (χ0n) is 13.3. The molecule has 128 valence electrons. The molecule has 0 bridgehead atoms. The summed E-state index contributed by atoms with van der Waals surface area (Å²) < 4.78 is 1.43. The second kappa shape index (κ2) is 7.11. The predicted octanol–water partition coefficient (Wildman–Crippen LogP) is 0.0346. The monoisotopic (exact) mass is 331 g/mol. The SMILES string of the molecule is O=C(CCn1cnc2ccccc2c1=O)N[C@H]1C[C@@H](CO)[C@@H](O)C1. The number of nitrogens with one attached hydrogen (secondary N) is 1. The van der Waals surface area contributed by atoms with Crippen molar-refractivity contribution in [1.82, 2.24) is 14.9 Å². The number of hydrogen-bond donors (Lipinski definition) is 3. The Bertz CT molecular complexity index is 789. The number of fused-ring (bicyclic) bond motifs is 1. The van der Waals surface area contributed by atoms with Crippen LogP contribution in [0.3, 0.4) is 0 Å². The topological polar surface area (TPSA) is 104 Å². The lowest BCUT2D eigenvalue weighted by molar-refractivity contribution is -0.122. The number of carbonyl (C=O) groups is 1. The molecule has 1 fully saturated rings. The van der Waals surface area contributed by atoms with Crippen LogP contribution in [-0.2, 0) is 11.3 Å². The third kappa shape index (κ3) is 3.47. The molecule has 3 N–H and O–H groups in total. The molecule has 0 spiro atoms. The second-order valence-electron chi connectivity index (χ2n) is 6.26. The quantitative estimate of drug-likeness (QED) is 0.717. The van der Waals surface area contributed by atoms with Gasteiger partial charge in [-0.05, 0) is 25.0 Å². The highest BCUT2D eigenvalue weighted by Gasteiger charge is 2.33. The van der Waals surface area contributed by atoms with Gasteiger partial charge in [-0.15, -0.1) is 0 Å². The maximum Gasteiger partial charge on any atom is 0.261 e. The third-order valence-electron chi connectivity index (χ3n) is 4.57. The third-order valence-corrected chi connectivity index (χ3v) is 4.57. The zero-order valence-corrected chi connectivity index (χ0v) is 13.3. The molecule has 0 saturated heterocycles. The minimum absolute atomic E-state index is 0.0777. The smallest absolute Gasteiger partial charge is 0.261 e. The number of rotatable bonds is 5. The zero-order chi connectivity index (χ0) is 17.1. The van der Waals surface area contributed by atoms with Crippen LogP contribution in [-0.4, -0.2) is 44.4 Å². The van der Waals surface area contributed by atoms with Gasteiger partial charge in [-0.2, -0.15) is 0 Å². The van der Waals surface area contributed by atoms with Crippen LogP contribution in [0.4, 0.5) is 0 Å². The van der Waals surface area contributed by atoms with E-state index in [1.165, 1.54) is 10.9 Å². The van der Waals surface area contributed by atoms with Gasteiger partial charge < -0.3 is 15.5 Å². The second-order valence-corrected chi connectivity index (χ2v) is 6.26. The van der Waals surface area contributed by atoms with Crippen molar-refractivity contribution in [2.45, 2.75) is 38.0 Å². The molecule has 0 unspecified atom stereocenters. The van der Waals surface area contributed by atoms with Crippen LogP contribution in [0.2, 0.25) is 0 Å². The van der Waals surface area contributed by atoms with Crippen LogP contribution in [0, 0.1) is 5.92 Å². The minimum Gasteiger partial charge on any atom is -0.396 e. The van der Waals surface area contributed by atoms with Gasteiger partial charge in [0.25, 0.3) is 5.56 Å². The number of amides is 1. The highest BCUT2D eigenvalue weighted by Crippen LogP contribution is 2.25. The summed E-state index contributed by atoms with van der Waals surface area (Å²) in [5, 5.41) is 22.3. The van der Waals surface area contributed by atoms with E-state index in [1.54, 1.807) is 18.2 Å². The number of aromatic nitrogens is 2. The number of carbonyl (C=O) groups excluding carboxylic acids is 1. The molecule has 1 aromatic carbocycles. The summed E-state index contributed by atoms with van der Waals surface area (Å²) in [6, 6.07) is 6.97. The lowest BCUT2D eigenvalue weighted by Crippen LogP contribution is -2.34. The van der Waals surface area contributed by atoms with Gasteiger partial charge in [0.1, 0.15) is 0 Å². The first-order valence-electron chi connectivity index (χ1n) is 8.11. The van der Waals surface area contributed by atoms with Crippen molar-refractivity contribution in [3.63, 3.8) is 0 Å². The lowest BCUT2D eigenvalue weighted by Gasteiger charge is -2.13. The van der Waals surface area contributed by atoms with Crippen LogP contribution < -0.4 is 10.9 Å². The van der Waals surface area contributed by atoms with Crippen molar-refractivity contribution in [2.24, 2.45) is 5.92 Å². The van der Waals surface area contributed by atoms with E-state index >= 15 is 0 Å². The summed E-state index contributed by atoms with van der Waals surface area (Å²) in [5.74, 6) is -0.353. The number of aliphatic hydroxyl groups excluding tert-OH is 2. The minimum atomic E-state index is -0.576. The molecule has 1 saturated carbocycles. The van der Waals surface area contributed by atoms with Gasteiger partial charge in [0.15, 0.2) is 0 Å². The summed E-state index contributed by atoms with van der Waals surface area (Å²) >= 11 is 0. The summed E-state index contributed by atoms with van der Waals surface area (Å²) in [5.41, 5.74) is 0.475. The summed E-state index contributed by atoms with van der Waals surface area (Å²) in [6.07, 6.45) is 2.07. The molecule has 1 heterocycles. The van der Waals surface area contributed by atoms with Crippen LogP contribution in [0.15, 0.2) is 35.4 Å². The Labute approximate surface area is 139 Å². The molecule has 1 aliphatic carbocycles. The normalized spacial score (nSPS) is 23.5. The molecular weight excluding hydrogens is 310 g/mol. The van der Waals surface area contributed by atoms with Gasteiger partial charge in [0.05, 0.1) is 23.3 Å². The van der Waals surface area contributed by atoms with E-state index in [1.807, 2.05) is 6.07 Å². The van der Waals surface area contributed by atoms with E-state index in [0.717, 1.165) is 0 Å². The van der Waals surface area contributed by atoms with Crippen molar-refractivity contribution < 1.29 is 15.0 Å². The van der Waals surface area contributed by atoms with E-state index in [2.05, 4.69) is 10.3 Å². The molecular formula is C17H21N3O4. The van der Waals surface area contributed by atoms with Gasteiger partial charge in [-0.1, -0.05) is 12.1 Å². The summed E-state index contributed by atoms with van der Waals surface area (Å²) in [7, 11) is 0. The van der Waals surface area contributed by atoms with Crippen molar-refractivity contribution in [3.8, 4) is 0 Å². The molecule has 24 heavy (non-hydrogen) atoms. The Morgan fingerprint density at radius 1 is 1.33 bits per heavy atom. The Kier molecular flexibility index (Phi) is 4.92. The Morgan fingerprint density at radius 3 is 2.88 bits per heavy atom. The van der Waals surface area contributed by atoms with Gasteiger partial charge in [0, 0.05) is 31.5 Å². The predicted molar refractivity (Wildman–Crippen MR) is 88.4 cm³/mol. The molecule has 3 rings (SSSR count). The number of aliphatic hydroxyl groups is 2. The maximum atomic E-state index is 12.3. The molecule has 0 radical (unpaired) electrons. The standard InChI is InChI=1S/C17H21N3O4/c21-9-11-7-12(8-15(11)22)19-16(23)5-6-20-10-18-14-4-2-1-3-13(14)17(20)24/h1-4,10-12,15,21-22H,5-9H2,(H,19,23)/t11-,12-,15-/m0/s1. The molecule has 7 heteroatoms. The number of benzene rings is 1. The fraction of sp³-hybridized carbons (Fsp3) is 0.471. The highest BCUT2D eigenvalue weighted by molar-refractivity contribution is 5.77. The van der Waals surface area contributed by atoms with Crippen LogP contribution in [0.1, 0.15) is 19.3 Å². The number of aryl methyl sites for hydroxylation is 1. The van der Waals surface area contributed by atoms with E-state index in [4.69, 9.17) is 5.11 Å². The summed E-state index contributed by atoms with van der Waals surface area (Å²) in [6.45, 7) is 0.174. The van der Waals surface area contributed by atoms with E-state index in [9.17, 15) is 14.7 Å². The number of nitrogens with zero attached hydrogens (tertiary/aromatic N) is 2. The van der Waals surface area contributed by atoms with E-state index in [0.29, 0.717) is 23.7 Å². The Balaban J connectivity index is 1.59. The molecule has 2 aromatic rings. The fourth-order valence-corrected chi connectivity index (χ4v) is 3.20. The van der Waals surface area contributed by atoms with Crippen LogP contribution >= 0.6 is 0 Å². The van der Waals surface area contributed by atoms with Gasteiger partial charge in [-0.25, -0.2) is 4.98 Å². The molecule has 7 nitrogen and oxygen atoms in total. The van der Waals surface area contributed by atoms with Crippen LogP contribution in [0.25, 0.3) is 10.9 Å². The van der Waals surface area contributed by atoms with Gasteiger partial charge >= 0.3 is 0 Å². The van der Waals surface area contributed by atoms with Gasteiger partial charge in [0.2, 0.25) is 5.91 Å². The average molecular weight is 331 g/mol. The molecule has 1 amide bonds. The first-order valence-corrected chi connectivity index (χ1v) is 8.11. The molecule has 1 aliphatic rings. The highest BCUT2D eigenvalue weighted by atomic mass is 16.3. The van der Waals surface area contributed by atoms with Crippen LogP contribution in [0.5, 0.6) is 0 Å². The van der Waals surface area contributed by atoms with Crippen molar-refractivity contribution >= 4 is 16.8 Å². The average Bonchev–Trinajstić information content (AvgIpc) is 2.94. The van der Waals surface area contributed by atoms with Crippen molar-refractivity contribution in [1.29, 1.82) is 0 Å².